The van der Waals surface area contributed by atoms with Gasteiger partial charge in [0.15, 0.2) is 6.29 Å². The van der Waals surface area contributed by atoms with E-state index in [2.05, 4.69) is 9.88 Å². The van der Waals surface area contributed by atoms with E-state index in [-0.39, 0.29) is 0 Å². The molecule has 2 heterocycles. The van der Waals surface area contributed by atoms with Gasteiger partial charge in [-0.25, -0.2) is 0 Å². The van der Waals surface area contributed by atoms with Gasteiger partial charge in [0.05, 0.1) is 11.6 Å². The lowest BCUT2D eigenvalue weighted by Crippen LogP contribution is -2.19. The fourth-order valence-electron chi connectivity index (χ4n) is 1.37. The van der Waals surface area contributed by atoms with E-state index < -0.39 is 0 Å². The van der Waals surface area contributed by atoms with Crippen molar-refractivity contribution in [3.63, 3.8) is 0 Å². The lowest BCUT2D eigenvalue weighted by Gasteiger charge is -2.17. The fourth-order valence-corrected chi connectivity index (χ4v) is 2.34. The molecular weight excluding hydrogens is 184 g/mol. The molecule has 13 heavy (non-hydrogen) atoms. The molecule has 1 aliphatic heterocycles. The van der Waals surface area contributed by atoms with E-state index in [1.165, 1.54) is 0 Å². The summed E-state index contributed by atoms with van der Waals surface area (Å²) in [7, 11) is 0. The number of pyridine rings is 1. The van der Waals surface area contributed by atoms with Crippen LogP contribution in [0.15, 0.2) is 18.3 Å². The first-order chi connectivity index (χ1) is 6.42. The average Bonchev–Trinajstić information content (AvgIpc) is 2.70. The topological polar surface area (TPSA) is 33.2 Å². The highest BCUT2D eigenvalue weighted by molar-refractivity contribution is 7.99. The molecule has 1 fully saturated rings. The lowest BCUT2D eigenvalue weighted by molar-refractivity contribution is 0.111. The van der Waals surface area contributed by atoms with E-state index in [1.807, 2.05) is 23.9 Å². The minimum Gasteiger partial charge on any atom is -0.360 e. The first-order valence-corrected chi connectivity index (χ1v) is 5.30. The number of nitrogens with zero attached hydrogens (tertiary/aromatic N) is 2. The lowest BCUT2D eigenvalue weighted by atomic mass is 10.3. The minimum atomic E-state index is 0.546. The van der Waals surface area contributed by atoms with E-state index in [4.69, 9.17) is 0 Å². The first kappa shape index (κ1) is 8.56. The fraction of sp³-hybridized carbons (Fsp3) is 0.333. The van der Waals surface area contributed by atoms with Crippen LogP contribution in [-0.4, -0.2) is 29.4 Å². The highest BCUT2D eigenvalue weighted by atomic mass is 32.2. The van der Waals surface area contributed by atoms with Gasteiger partial charge in [0.2, 0.25) is 0 Å². The maximum Gasteiger partial charge on any atom is 0.170 e. The Morgan fingerprint density at radius 2 is 2.54 bits per heavy atom. The quantitative estimate of drug-likeness (QED) is 0.666. The van der Waals surface area contributed by atoms with Crippen LogP contribution in [-0.2, 0) is 0 Å². The summed E-state index contributed by atoms with van der Waals surface area (Å²) in [5.41, 5.74) is 1.51. The largest absolute Gasteiger partial charge is 0.360 e. The molecule has 0 bridgehead atoms. The molecule has 0 amide bonds. The third-order valence-electron chi connectivity index (χ3n) is 2.02. The second-order valence-electron chi connectivity index (χ2n) is 2.83. The molecule has 0 aliphatic carbocycles. The third-order valence-corrected chi connectivity index (χ3v) is 2.99. The van der Waals surface area contributed by atoms with Gasteiger partial charge in [0, 0.05) is 18.5 Å². The summed E-state index contributed by atoms with van der Waals surface area (Å²) in [4.78, 5) is 16.9. The zero-order valence-electron chi connectivity index (χ0n) is 7.14. The van der Waals surface area contributed by atoms with Gasteiger partial charge in [0.25, 0.3) is 0 Å². The van der Waals surface area contributed by atoms with Gasteiger partial charge in [-0.1, -0.05) is 0 Å². The SMILES string of the molecule is O=Cc1ncccc1N1CCSC1. The smallest absolute Gasteiger partial charge is 0.170 e. The molecule has 0 unspecified atom stereocenters. The van der Waals surface area contributed by atoms with Crippen molar-refractivity contribution in [1.82, 2.24) is 4.98 Å². The predicted octanol–water partition coefficient (Wildman–Crippen LogP) is 1.40. The average molecular weight is 194 g/mol. The first-order valence-electron chi connectivity index (χ1n) is 4.14. The van der Waals surface area contributed by atoms with Crippen molar-refractivity contribution >= 4 is 23.7 Å². The molecule has 1 aromatic heterocycles. The number of aromatic nitrogens is 1. The minimum absolute atomic E-state index is 0.546. The van der Waals surface area contributed by atoms with Crippen molar-refractivity contribution in [2.45, 2.75) is 0 Å². The highest BCUT2D eigenvalue weighted by Gasteiger charge is 2.15. The van der Waals surface area contributed by atoms with Crippen molar-refractivity contribution in [1.29, 1.82) is 0 Å². The maximum atomic E-state index is 10.7. The predicted molar refractivity (Wildman–Crippen MR) is 54.3 cm³/mol. The summed E-state index contributed by atoms with van der Waals surface area (Å²) >= 11 is 1.88. The Balaban J connectivity index is 2.31. The van der Waals surface area contributed by atoms with Gasteiger partial charge >= 0.3 is 0 Å². The van der Waals surface area contributed by atoms with E-state index in [0.29, 0.717) is 5.69 Å². The Morgan fingerprint density at radius 3 is 3.23 bits per heavy atom. The van der Waals surface area contributed by atoms with E-state index in [0.717, 1.165) is 30.1 Å². The molecule has 1 aromatic rings. The molecule has 1 aliphatic rings. The molecule has 0 saturated carbocycles. The van der Waals surface area contributed by atoms with Gasteiger partial charge in [0.1, 0.15) is 5.69 Å². The van der Waals surface area contributed by atoms with Crippen LogP contribution in [0.25, 0.3) is 0 Å². The van der Waals surface area contributed by atoms with Crippen LogP contribution in [0.5, 0.6) is 0 Å². The molecule has 0 radical (unpaired) electrons. The summed E-state index contributed by atoms with van der Waals surface area (Å²) < 4.78 is 0. The molecular formula is C9H10N2OS. The van der Waals surface area contributed by atoms with Gasteiger partial charge < -0.3 is 4.90 Å². The second kappa shape index (κ2) is 3.79. The number of carbonyl (C=O) groups is 1. The van der Waals surface area contributed by atoms with Gasteiger partial charge in [-0.3, -0.25) is 9.78 Å². The number of aldehydes is 1. The van der Waals surface area contributed by atoms with Crippen LogP contribution in [0.4, 0.5) is 5.69 Å². The molecule has 2 rings (SSSR count). The van der Waals surface area contributed by atoms with Crippen molar-refractivity contribution in [3.05, 3.63) is 24.0 Å². The number of carbonyl (C=O) groups excluding carboxylic acids is 1. The van der Waals surface area contributed by atoms with Crippen LogP contribution in [0, 0.1) is 0 Å². The second-order valence-corrected chi connectivity index (χ2v) is 3.90. The normalized spacial score (nSPS) is 16.2. The van der Waals surface area contributed by atoms with Crippen LogP contribution in [0.3, 0.4) is 0 Å². The van der Waals surface area contributed by atoms with Crippen molar-refractivity contribution < 1.29 is 4.79 Å². The van der Waals surface area contributed by atoms with E-state index in [1.54, 1.807) is 6.20 Å². The van der Waals surface area contributed by atoms with Gasteiger partial charge in [-0.15, -0.1) is 11.8 Å². The number of rotatable bonds is 2. The van der Waals surface area contributed by atoms with Gasteiger partial charge in [-0.05, 0) is 12.1 Å². The Kier molecular flexibility index (Phi) is 2.49. The number of hydrogen-bond donors (Lipinski definition) is 0. The molecule has 0 N–H and O–H groups in total. The van der Waals surface area contributed by atoms with Crippen LogP contribution in [0.1, 0.15) is 10.5 Å². The van der Waals surface area contributed by atoms with Crippen molar-refractivity contribution in [2.24, 2.45) is 0 Å². The Hall–Kier alpha value is -1.03. The number of anilines is 1. The van der Waals surface area contributed by atoms with Crippen molar-refractivity contribution in [3.8, 4) is 0 Å². The Labute approximate surface area is 81.1 Å². The molecule has 0 spiro atoms. The Bertz CT molecular complexity index is 310. The zero-order valence-corrected chi connectivity index (χ0v) is 7.96. The molecule has 1 saturated heterocycles. The molecule has 4 heteroatoms. The summed E-state index contributed by atoms with van der Waals surface area (Å²) in [6, 6.07) is 3.81. The monoisotopic (exact) mass is 194 g/mol. The third kappa shape index (κ3) is 1.67. The number of hydrogen-bond acceptors (Lipinski definition) is 4. The van der Waals surface area contributed by atoms with Crippen LogP contribution < -0.4 is 4.90 Å². The zero-order chi connectivity index (χ0) is 9.10. The molecule has 0 aromatic carbocycles. The number of thioether (sulfide) groups is 1. The summed E-state index contributed by atoms with van der Waals surface area (Å²) in [5.74, 6) is 2.10. The summed E-state index contributed by atoms with van der Waals surface area (Å²) in [6.07, 6.45) is 2.47. The van der Waals surface area contributed by atoms with Gasteiger partial charge in [-0.2, -0.15) is 0 Å². The highest BCUT2D eigenvalue weighted by Crippen LogP contribution is 2.23. The van der Waals surface area contributed by atoms with E-state index >= 15 is 0 Å². The van der Waals surface area contributed by atoms with Crippen LogP contribution >= 0.6 is 11.8 Å². The molecule has 0 atom stereocenters. The molecule has 68 valence electrons. The standard InChI is InChI=1S/C9H10N2OS/c12-6-8-9(2-1-3-10-8)11-4-5-13-7-11/h1-3,6H,4-5,7H2. The van der Waals surface area contributed by atoms with Crippen molar-refractivity contribution in [2.75, 3.05) is 23.1 Å². The summed E-state index contributed by atoms with van der Waals surface area (Å²) in [5, 5.41) is 0. The van der Waals surface area contributed by atoms with Crippen LogP contribution in [0.2, 0.25) is 0 Å². The Morgan fingerprint density at radius 1 is 1.62 bits per heavy atom. The summed E-state index contributed by atoms with van der Waals surface area (Å²) in [6.45, 7) is 1.01. The van der Waals surface area contributed by atoms with E-state index in [9.17, 15) is 4.79 Å². The molecule has 3 nitrogen and oxygen atoms in total. The maximum absolute atomic E-state index is 10.7.